The van der Waals surface area contributed by atoms with E-state index in [0.717, 1.165) is 37.1 Å². The van der Waals surface area contributed by atoms with Crippen LogP contribution in [-0.2, 0) is 13.0 Å². The van der Waals surface area contributed by atoms with Crippen molar-refractivity contribution in [3.63, 3.8) is 0 Å². The van der Waals surface area contributed by atoms with E-state index in [-0.39, 0.29) is 5.78 Å². The maximum atomic E-state index is 11.7. The van der Waals surface area contributed by atoms with Gasteiger partial charge in [0, 0.05) is 18.7 Å². The molecule has 3 heteroatoms. The number of carbonyl (C=O) groups excluding carboxylic acids is 1. The molecule has 82 valence electrons. The molecular weight excluding hydrogens is 188 g/mol. The number of aryl methyl sites for hydroxylation is 1. The SMILES string of the molecule is CCCCn1ncc2c1CC(C)CC2=O. The standard InChI is InChI=1S/C12H18N2O/c1-3-4-5-14-11-6-9(2)7-12(15)10(11)8-13-14/h8-9H,3-7H2,1-2H3. The Bertz CT molecular complexity index is 368. The van der Waals surface area contributed by atoms with Crippen LogP contribution in [0.4, 0.5) is 0 Å². The van der Waals surface area contributed by atoms with E-state index in [9.17, 15) is 4.79 Å². The molecule has 0 saturated heterocycles. The van der Waals surface area contributed by atoms with Crippen LogP contribution in [0.1, 0.15) is 49.2 Å². The van der Waals surface area contributed by atoms with Crippen LogP contribution >= 0.6 is 0 Å². The Morgan fingerprint density at radius 2 is 2.33 bits per heavy atom. The second-order valence-electron chi connectivity index (χ2n) is 4.52. The van der Waals surface area contributed by atoms with Gasteiger partial charge in [0.15, 0.2) is 5.78 Å². The molecule has 1 heterocycles. The molecule has 0 spiro atoms. The number of hydrogen-bond acceptors (Lipinski definition) is 2. The minimum Gasteiger partial charge on any atom is -0.294 e. The summed E-state index contributed by atoms with van der Waals surface area (Å²) < 4.78 is 2.02. The van der Waals surface area contributed by atoms with Gasteiger partial charge in [-0.1, -0.05) is 20.3 Å². The van der Waals surface area contributed by atoms with Crippen molar-refractivity contribution in [1.29, 1.82) is 0 Å². The molecule has 1 atom stereocenters. The van der Waals surface area contributed by atoms with Crippen molar-refractivity contribution < 1.29 is 4.79 Å². The van der Waals surface area contributed by atoms with Gasteiger partial charge in [-0.15, -0.1) is 0 Å². The molecule has 1 aliphatic rings. The lowest BCUT2D eigenvalue weighted by Gasteiger charge is -2.18. The Hall–Kier alpha value is -1.12. The molecule has 0 aliphatic heterocycles. The summed E-state index contributed by atoms with van der Waals surface area (Å²) >= 11 is 0. The highest BCUT2D eigenvalue weighted by Gasteiger charge is 2.25. The molecular formula is C12H18N2O. The van der Waals surface area contributed by atoms with Crippen molar-refractivity contribution in [2.45, 2.75) is 46.1 Å². The van der Waals surface area contributed by atoms with Crippen LogP contribution in [-0.4, -0.2) is 15.6 Å². The zero-order valence-corrected chi connectivity index (χ0v) is 9.49. The van der Waals surface area contributed by atoms with Gasteiger partial charge in [0.1, 0.15) is 0 Å². The minimum absolute atomic E-state index is 0.270. The number of nitrogens with zero attached hydrogens (tertiary/aromatic N) is 2. The number of unbranched alkanes of at least 4 members (excludes halogenated alkanes) is 1. The second kappa shape index (κ2) is 4.17. The first kappa shape index (κ1) is 10.4. The fraction of sp³-hybridized carbons (Fsp3) is 0.667. The summed E-state index contributed by atoms with van der Waals surface area (Å²) in [5, 5.41) is 4.32. The lowest BCUT2D eigenvalue weighted by Crippen LogP contribution is -2.19. The number of Topliss-reactive ketones (excluding diaryl/α,β-unsaturated/α-hetero) is 1. The molecule has 0 N–H and O–H groups in total. The van der Waals surface area contributed by atoms with Crippen LogP contribution in [0, 0.1) is 5.92 Å². The summed E-state index contributed by atoms with van der Waals surface area (Å²) in [6, 6.07) is 0. The fourth-order valence-corrected chi connectivity index (χ4v) is 2.19. The Labute approximate surface area is 90.5 Å². The summed E-state index contributed by atoms with van der Waals surface area (Å²) in [4.78, 5) is 11.7. The van der Waals surface area contributed by atoms with E-state index in [1.54, 1.807) is 6.20 Å². The number of fused-ring (bicyclic) bond motifs is 1. The van der Waals surface area contributed by atoms with Gasteiger partial charge in [-0.05, 0) is 18.8 Å². The number of hydrogen-bond donors (Lipinski definition) is 0. The van der Waals surface area contributed by atoms with Gasteiger partial charge in [0.05, 0.1) is 11.8 Å². The van der Waals surface area contributed by atoms with Crippen molar-refractivity contribution in [3.05, 3.63) is 17.5 Å². The molecule has 0 bridgehead atoms. The summed E-state index contributed by atoms with van der Waals surface area (Å²) in [7, 11) is 0. The predicted molar refractivity (Wildman–Crippen MR) is 59.0 cm³/mol. The zero-order chi connectivity index (χ0) is 10.8. The molecule has 0 radical (unpaired) electrons. The molecule has 0 aromatic carbocycles. The van der Waals surface area contributed by atoms with Crippen LogP contribution in [0.3, 0.4) is 0 Å². The van der Waals surface area contributed by atoms with Crippen LogP contribution in [0.15, 0.2) is 6.20 Å². The van der Waals surface area contributed by atoms with Gasteiger partial charge < -0.3 is 0 Å². The molecule has 2 rings (SSSR count). The third-order valence-corrected chi connectivity index (χ3v) is 3.05. The van der Waals surface area contributed by atoms with Gasteiger partial charge in [-0.3, -0.25) is 9.48 Å². The Morgan fingerprint density at radius 1 is 1.53 bits per heavy atom. The first-order chi connectivity index (χ1) is 7.22. The average molecular weight is 206 g/mol. The van der Waals surface area contributed by atoms with Gasteiger partial charge in [-0.25, -0.2) is 0 Å². The van der Waals surface area contributed by atoms with E-state index in [1.807, 2.05) is 4.68 Å². The van der Waals surface area contributed by atoms with E-state index in [4.69, 9.17) is 0 Å². The first-order valence-electron chi connectivity index (χ1n) is 5.80. The lowest BCUT2D eigenvalue weighted by molar-refractivity contribution is 0.0952. The Kier molecular flexibility index (Phi) is 2.89. The normalized spacial score (nSPS) is 20.4. The molecule has 1 aromatic heterocycles. The maximum absolute atomic E-state index is 11.7. The van der Waals surface area contributed by atoms with Crippen molar-refractivity contribution >= 4 is 5.78 Å². The number of carbonyl (C=O) groups is 1. The second-order valence-corrected chi connectivity index (χ2v) is 4.52. The molecule has 0 amide bonds. The van der Waals surface area contributed by atoms with E-state index in [0.29, 0.717) is 12.3 Å². The molecule has 1 aromatic rings. The highest BCUT2D eigenvalue weighted by Crippen LogP contribution is 2.25. The minimum atomic E-state index is 0.270. The average Bonchev–Trinajstić information content (AvgIpc) is 2.58. The molecule has 0 saturated carbocycles. The first-order valence-corrected chi connectivity index (χ1v) is 5.80. The maximum Gasteiger partial charge on any atom is 0.166 e. The number of aromatic nitrogens is 2. The van der Waals surface area contributed by atoms with Crippen molar-refractivity contribution in [3.8, 4) is 0 Å². The topological polar surface area (TPSA) is 34.9 Å². The number of ketones is 1. The fourth-order valence-electron chi connectivity index (χ4n) is 2.19. The van der Waals surface area contributed by atoms with Crippen LogP contribution in [0.5, 0.6) is 0 Å². The molecule has 1 aliphatic carbocycles. The van der Waals surface area contributed by atoms with E-state index in [1.165, 1.54) is 0 Å². The Balaban J connectivity index is 2.25. The third-order valence-electron chi connectivity index (χ3n) is 3.05. The lowest BCUT2D eigenvalue weighted by atomic mass is 9.88. The summed E-state index contributed by atoms with van der Waals surface area (Å²) in [5.41, 5.74) is 2.02. The summed E-state index contributed by atoms with van der Waals surface area (Å²) in [6.45, 7) is 5.26. The predicted octanol–water partition coefficient (Wildman–Crippen LogP) is 2.45. The van der Waals surface area contributed by atoms with Crippen molar-refractivity contribution in [2.75, 3.05) is 0 Å². The van der Waals surface area contributed by atoms with Crippen LogP contribution in [0.25, 0.3) is 0 Å². The van der Waals surface area contributed by atoms with Gasteiger partial charge in [0.25, 0.3) is 0 Å². The van der Waals surface area contributed by atoms with Gasteiger partial charge >= 0.3 is 0 Å². The van der Waals surface area contributed by atoms with Crippen LogP contribution in [0.2, 0.25) is 0 Å². The van der Waals surface area contributed by atoms with E-state index in [2.05, 4.69) is 18.9 Å². The molecule has 1 unspecified atom stereocenters. The molecule has 3 nitrogen and oxygen atoms in total. The van der Waals surface area contributed by atoms with Crippen molar-refractivity contribution in [2.24, 2.45) is 5.92 Å². The summed E-state index contributed by atoms with van der Waals surface area (Å²) in [6.07, 6.45) is 5.74. The van der Waals surface area contributed by atoms with Gasteiger partial charge in [0.2, 0.25) is 0 Å². The smallest absolute Gasteiger partial charge is 0.166 e. The third kappa shape index (κ3) is 1.96. The zero-order valence-electron chi connectivity index (χ0n) is 9.49. The number of rotatable bonds is 3. The monoisotopic (exact) mass is 206 g/mol. The summed E-state index contributed by atoms with van der Waals surface area (Å²) in [5.74, 6) is 0.744. The highest BCUT2D eigenvalue weighted by molar-refractivity contribution is 5.98. The van der Waals surface area contributed by atoms with E-state index >= 15 is 0 Å². The van der Waals surface area contributed by atoms with E-state index < -0.39 is 0 Å². The Morgan fingerprint density at radius 3 is 3.07 bits per heavy atom. The van der Waals surface area contributed by atoms with Gasteiger partial charge in [-0.2, -0.15) is 5.10 Å². The van der Waals surface area contributed by atoms with Crippen LogP contribution < -0.4 is 0 Å². The molecule has 0 fully saturated rings. The quantitative estimate of drug-likeness (QED) is 0.761. The highest BCUT2D eigenvalue weighted by atomic mass is 16.1. The molecule has 15 heavy (non-hydrogen) atoms. The van der Waals surface area contributed by atoms with Crippen molar-refractivity contribution in [1.82, 2.24) is 9.78 Å². The largest absolute Gasteiger partial charge is 0.294 e.